The first kappa shape index (κ1) is 18.9. The van der Waals surface area contributed by atoms with Crippen LogP contribution >= 0.6 is 0 Å². The summed E-state index contributed by atoms with van der Waals surface area (Å²) >= 11 is 0. The number of nitrogens with zero attached hydrogens (tertiary/aromatic N) is 1. The van der Waals surface area contributed by atoms with Crippen molar-refractivity contribution in [3.8, 4) is 5.75 Å². The fraction of sp³-hybridized carbons (Fsp3) is 0.458. The monoisotopic (exact) mass is 378 g/mol. The molecule has 2 aliphatic rings. The first-order chi connectivity index (χ1) is 13.7. The van der Waals surface area contributed by atoms with Crippen LogP contribution in [0.2, 0.25) is 0 Å². The number of carbonyl (C=O) groups is 1. The molecule has 0 aromatic heterocycles. The molecule has 1 saturated heterocycles. The van der Waals surface area contributed by atoms with Gasteiger partial charge in [-0.3, -0.25) is 4.79 Å². The summed E-state index contributed by atoms with van der Waals surface area (Å²) in [5.41, 5.74) is 1.91. The largest absolute Gasteiger partial charge is 0.497 e. The summed E-state index contributed by atoms with van der Waals surface area (Å²) < 4.78 is 5.32. The fourth-order valence-corrected chi connectivity index (χ4v) is 4.83. The van der Waals surface area contributed by atoms with E-state index in [1.54, 1.807) is 7.11 Å². The summed E-state index contributed by atoms with van der Waals surface area (Å²) in [6, 6.07) is 18.8. The number of nitrogens with one attached hydrogen (secondary N) is 1. The van der Waals surface area contributed by atoms with Crippen molar-refractivity contribution < 1.29 is 9.53 Å². The number of rotatable bonds is 5. The van der Waals surface area contributed by atoms with Crippen LogP contribution < -0.4 is 10.1 Å². The molecule has 1 saturated carbocycles. The Morgan fingerprint density at radius 3 is 2.43 bits per heavy atom. The molecule has 28 heavy (non-hydrogen) atoms. The Morgan fingerprint density at radius 1 is 1.04 bits per heavy atom. The standard InChI is InChI=1S/C24H30N2O2/c1-28-22-12-10-19(11-13-22)24(15-6-3-7-16-24)23(27)26-17-14-21(18-26)25-20-8-4-2-5-9-20/h2,4-5,8-13,21,25H,3,6-7,14-18H2,1H3. The lowest BCUT2D eigenvalue weighted by molar-refractivity contribution is -0.137. The zero-order chi connectivity index (χ0) is 19.4. The van der Waals surface area contributed by atoms with Gasteiger partial charge >= 0.3 is 0 Å². The van der Waals surface area contributed by atoms with E-state index in [2.05, 4.69) is 34.5 Å². The minimum Gasteiger partial charge on any atom is -0.497 e. The topological polar surface area (TPSA) is 41.6 Å². The molecule has 1 amide bonds. The molecule has 0 bridgehead atoms. The van der Waals surface area contributed by atoms with Gasteiger partial charge in [-0.25, -0.2) is 0 Å². The molecule has 2 aromatic carbocycles. The van der Waals surface area contributed by atoms with Crippen molar-refractivity contribution in [2.75, 3.05) is 25.5 Å². The number of anilines is 1. The van der Waals surface area contributed by atoms with Gasteiger partial charge in [0.2, 0.25) is 5.91 Å². The lowest BCUT2D eigenvalue weighted by atomic mass is 9.68. The maximum absolute atomic E-state index is 13.7. The maximum atomic E-state index is 13.7. The predicted octanol–water partition coefficient (Wildman–Crippen LogP) is 4.61. The molecule has 4 rings (SSSR count). The highest BCUT2D eigenvalue weighted by Gasteiger charge is 2.45. The molecule has 2 fully saturated rings. The third kappa shape index (κ3) is 3.73. The summed E-state index contributed by atoms with van der Waals surface area (Å²) in [5, 5.41) is 3.59. The average molecular weight is 379 g/mol. The van der Waals surface area contributed by atoms with Crippen LogP contribution in [0.4, 0.5) is 5.69 Å². The quantitative estimate of drug-likeness (QED) is 0.826. The van der Waals surface area contributed by atoms with Gasteiger partial charge in [-0.05, 0) is 49.1 Å². The fourth-order valence-electron chi connectivity index (χ4n) is 4.83. The van der Waals surface area contributed by atoms with E-state index in [-0.39, 0.29) is 5.41 Å². The van der Waals surface area contributed by atoms with Gasteiger partial charge < -0.3 is 15.0 Å². The number of benzene rings is 2. The summed E-state index contributed by atoms with van der Waals surface area (Å²) in [7, 11) is 1.68. The third-order valence-electron chi connectivity index (χ3n) is 6.38. The molecule has 1 unspecified atom stereocenters. The molecule has 4 heteroatoms. The SMILES string of the molecule is COc1ccc(C2(C(=O)N3CCC(Nc4ccccc4)C3)CCCCC2)cc1. The van der Waals surface area contributed by atoms with Crippen molar-refractivity contribution in [2.24, 2.45) is 0 Å². The van der Waals surface area contributed by atoms with Crippen LogP contribution in [0.3, 0.4) is 0 Å². The Kier molecular flexibility index (Phi) is 5.56. The van der Waals surface area contributed by atoms with Crippen molar-refractivity contribution >= 4 is 11.6 Å². The number of amides is 1. The van der Waals surface area contributed by atoms with Crippen LogP contribution in [0, 0.1) is 0 Å². The second-order valence-electron chi connectivity index (χ2n) is 8.12. The number of carbonyl (C=O) groups excluding carboxylic acids is 1. The van der Waals surface area contributed by atoms with Crippen molar-refractivity contribution in [2.45, 2.75) is 50.0 Å². The minimum atomic E-state index is -0.369. The summed E-state index contributed by atoms with van der Waals surface area (Å²) in [4.78, 5) is 15.8. The van der Waals surface area contributed by atoms with Crippen molar-refractivity contribution in [3.63, 3.8) is 0 Å². The Morgan fingerprint density at radius 2 is 1.75 bits per heavy atom. The van der Waals surface area contributed by atoms with Gasteiger partial charge in [-0.2, -0.15) is 0 Å². The van der Waals surface area contributed by atoms with Crippen molar-refractivity contribution in [3.05, 3.63) is 60.2 Å². The van der Waals surface area contributed by atoms with Crippen LogP contribution in [0.15, 0.2) is 54.6 Å². The Labute approximate surface area is 167 Å². The zero-order valence-electron chi connectivity index (χ0n) is 16.7. The van der Waals surface area contributed by atoms with Gasteiger partial charge in [0.05, 0.1) is 12.5 Å². The molecule has 148 valence electrons. The minimum absolute atomic E-state index is 0.315. The highest BCUT2D eigenvalue weighted by Crippen LogP contribution is 2.42. The molecule has 1 atom stereocenters. The van der Waals surface area contributed by atoms with Crippen LogP contribution in [0.5, 0.6) is 5.75 Å². The molecule has 4 nitrogen and oxygen atoms in total. The highest BCUT2D eigenvalue weighted by molar-refractivity contribution is 5.89. The molecular weight excluding hydrogens is 348 g/mol. The van der Waals surface area contributed by atoms with E-state index in [1.165, 1.54) is 6.42 Å². The van der Waals surface area contributed by atoms with E-state index in [1.807, 2.05) is 30.3 Å². The first-order valence-corrected chi connectivity index (χ1v) is 10.5. The molecule has 0 radical (unpaired) electrons. The number of likely N-dealkylation sites (tertiary alicyclic amines) is 1. The number of ether oxygens (including phenoxy) is 1. The normalized spacial score (nSPS) is 21.3. The Hall–Kier alpha value is -2.49. The smallest absolute Gasteiger partial charge is 0.233 e. The Balaban J connectivity index is 1.51. The third-order valence-corrected chi connectivity index (χ3v) is 6.38. The number of methoxy groups -OCH3 is 1. The summed E-state index contributed by atoms with van der Waals surface area (Å²) in [6.07, 6.45) is 6.37. The van der Waals surface area contributed by atoms with Crippen molar-refractivity contribution in [1.82, 2.24) is 4.90 Å². The van der Waals surface area contributed by atoms with Crippen LogP contribution in [0.1, 0.15) is 44.1 Å². The van der Waals surface area contributed by atoms with E-state index < -0.39 is 0 Å². The first-order valence-electron chi connectivity index (χ1n) is 10.5. The molecular formula is C24H30N2O2. The van der Waals surface area contributed by atoms with Gasteiger partial charge in [0.15, 0.2) is 0 Å². The van der Waals surface area contributed by atoms with E-state index in [0.717, 1.165) is 62.2 Å². The molecule has 0 spiro atoms. The van der Waals surface area contributed by atoms with Gasteiger partial charge in [0, 0.05) is 24.8 Å². The van der Waals surface area contributed by atoms with Gasteiger partial charge in [0.1, 0.15) is 5.75 Å². The lowest BCUT2D eigenvalue weighted by Crippen LogP contribution is -2.47. The number of hydrogen-bond acceptors (Lipinski definition) is 3. The highest BCUT2D eigenvalue weighted by atomic mass is 16.5. The van der Waals surface area contributed by atoms with Crippen LogP contribution in [-0.2, 0) is 10.2 Å². The second kappa shape index (κ2) is 8.26. The molecule has 1 aliphatic heterocycles. The maximum Gasteiger partial charge on any atom is 0.233 e. The predicted molar refractivity (Wildman–Crippen MR) is 113 cm³/mol. The van der Waals surface area contributed by atoms with Gasteiger partial charge in [0.25, 0.3) is 0 Å². The second-order valence-corrected chi connectivity index (χ2v) is 8.12. The zero-order valence-corrected chi connectivity index (χ0v) is 16.7. The molecule has 2 aromatic rings. The van der Waals surface area contributed by atoms with Gasteiger partial charge in [-0.15, -0.1) is 0 Å². The van der Waals surface area contributed by atoms with E-state index in [0.29, 0.717) is 11.9 Å². The summed E-state index contributed by atoms with van der Waals surface area (Å²) in [6.45, 7) is 1.62. The number of para-hydroxylation sites is 1. The molecule has 1 heterocycles. The van der Waals surface area contributed by atoms with Crippen LogP contribution in [0.25, 0.3) is 0 Å². The van der Waals surface area contributed by atoms with Gasteiger partial charge in [-0.1, -0.05) is 49.6 Å². The van der Waals surface area contributed by atoms with Crippen LogP contribution in [-0.4, -0.2) is 37.0 Å². The summed E-state index contributed by atoms with van der Waals surface area (Å²) in [5.74, 6) is 1.16. The lowest BCUT2D eigenvalue weighted by Gasteiger charge is -2.39. The van der Waals surface area contributed by atoms with E-state index in [9.17, 15) is 4.79 Å². The average Bonchev–Trinajstić information content (AvgIpc) is 3.23. The Bertz CT molecular complexity index is 782. The molecule has 1 aliphatic carbocycles. The van der Waals surface area contributed by atoms with E-state index >= 15 is 0 Å². The van der Waals surface area contributed by atoms with Crippen molar-refractivity contribution in [1.29, 1.82) is 0 Å². The van der Waals surface area contributed by atoms with E-state index in [4.69, 9.17) is 4.74 Å². The number of hydrogen-bond donors (Lipinski definition) is 1. The molecule has 1 N–H and O–H groups in total.